The molecule has 1 aliphatic rings. The highest BCUT2D eigenvalue weighted by atomic mass is 16.5. The van der Waals surface area contributed by atoms with E-state index in [1.165, 1.54) is 19.3 Å². The number of ether oxygens (including phenoxy) is 1. The van der Waals surface area contributed by atoms with Gasteiger partial charge in [0.15, 0.2) is 0 Å². The van der Waals surface area contributed by atoms with Crippen molar-refractivity contribution < 1.29 is 4.74 Å². The van der Waals surface area contributed by atoms with Crippen LogP contribution in [0.4, 0.5) is 0 Å². The lowest BCUT2D eigenvalue weighted by Crippen LogP contribution is -2.25. The molecule has 0 unspecified atom stereocenters. The van der Waals surface area contributed by atoms with Gasteiger partial charge < -0.3 is 9.64 Å². The van der Waals surface area contributed by atoms with Crippen molar-refractivity contribution in [2.45, 2.75) is 32.1 Å². The maximum atomic E-state index is 8.43. The van der Waals surface area contributed by atoms with Gasteiger partial charge in [-0.3, -0.25) is 0 Å². The second-order valence-electron chi connectivity index (χ2n) is 4.41. The summed E-state index contributed by atoms with van der Waals surface area (Å²) in [5.41, 5.74) is 0. The molecule has 0 spiro atoms. The topological polar surface area (TPSA) is 36.3 Å². The molecule has 3 nitrogen and oxygen atoms in total. The lowest BCUT2D eigenvalue weighted by molar-refractivity contribution is 0.0610. The van der Waals surface area contributed by atoms with Crippen LogP contribution in [-0.4, -0.2) is 38.3 Å². The maximum absolute atomic E-state index is 8.43. The summed E-state index contributed by atoms with van der Waals surface area (Å²) in [5.74, 6) is 0.858. The Bertz CT molecular complexity index is 194. The molecule has 1 fully saturated rings. The van der Waals surface area contributed by atoms with Gasteiger partial charge in [0.1, 0.15) is 0 Å². The van der Waals surface area contributed by atoms with Crippen LogP contribution in [-0.2, 0) is 4.74 Å². The van der Waals surface area contributed by atoms with Gasteiger partial charge in [0.05, 0.1) is 6.07 Å². The Morgan fingerprint density at radius 1 is 1.33 bits per heavy atom. The van der Waals surface area contributed by atoms with E-state index in [4.69, 9.17) is 10.00 Å². The van der Waals surface area contributed by atoms with Crippen molar-refractivity contribution in [3.63, 3.8) is 0 Å². The van der Waals surface area contributed by atoms with Gasteiger partial charge in [-0.05, 0) is 51.7 Å². The van der Waals surface area contributed by atoms with Crippen LogP contribution in [0.2, 0.25) is 0 Å². The number of nitriles is 1. The predicted octanol–water partition coefficient (Wildman–Crippen LogP) is 2.04. The number of hydrogen-bond acceptors (Lipinski definition) is 3. The van der Waals surface area contributed by atoms with Crippen molar-refractivity contribution in [3.05, 3.63) is 0 Å². The van der Waals surface area contributed by atoms with Crippen LogP contribution in [0.15, 0.2) is 0 Å². The molecule has 0 aliphatic carbocycles. The zero-order valence-electron chi connectivity index (χ0n) is 9.74. The summed E-state index contributed by atoms with van der Waals surface area (Å²) in [7, 11) is 2.15. The fraction of sp³-hybridized carbons (Fsp3) is 0.917. The summed E-state index contributed by atoms with van der Waals surface area (Å²) in [6.07, 6.45) is 5.42. The first-order valence-electron chi connectivity index (χ1n) is 5.96. The maximum Gasteiger partial charge on any atom is 0.0622 e. The quantitative estimate of drug-likeness (QED) is 0.629. The normalized spacial score (nSPS) is 17.9. The molecule has 86 valence electrons. The van der Waals surface area contributed by atoms with E-state index < -0.39 is 0 Å². The zero-order valence-corrected chi connectivity index (χ0v) is 9.74. The van der Waals surface area contributed by atoms with Crippen LogP contribution < -0.4 is 0 Å². The van der Waals surface area contributed by atoms with Gasteiger partial charge >= 0.3 is 0 Å². The summed E-state index contributed by atoms with van der Waals surface area (Å²) in [6.45, 7) is 4.11. The molecule has 0 saturated carbocycles. The van der Waals surface area contributed by atoms with E-state index in [9.17, 15) is 0 Å². The van der Waals surface area contributed by atoms with Crippen molar-refractivity contribution >= 4 is 0 Å². The number of unbranched alkanes of at least 4 members (excludes halogenated alkanes) is 1. The van der Waals surface area contributed by atoms with Crippen molar-refractivity contribution in [3.8, 4) is 6.07 Å². The Labute approximate surface area is 93.0 Å². The molecule has 1 heterocycles. The highest BCUT2D eigenvalue weighted by Gasteiger charge is 2.13. The first-order chi connectivity index (χ1) is 7.33. The molecule has 0 aromatic heterocycles. The Morgan fingerprint density at radius 2 is 2.07 bits per heavy atom. The van der Waals surface area contributed by atoms with E-state index in [0.717, 1.165) is 38.6 Å². The van der Waals surface area contributed by atoms with E-state index in [-0.39, 0.29) is 0 Å². The number of hydrogen-bond donors (Lipinski definition) is 0. The minimum Gasteiger partial charge on any atom is -0.381 e. The third kappa shape index (κ3) is 5.76. The highest BCUT2D eigenvalue weighted by Crippen LogP contribution is 2.18. The third-order valence-corrected chi connectivity index (χ3v) is 3.09. The van der Waals surface area contributed by atoms with Gasteiger partial charge in [-0.1, -0.05) is 0 Å². The summed E-state index contributed by atoms with van der Waals surface area (Å²) < 4.78 is 5.34. The van der Waals surface area contributed by atoms with Crippen molar-refractivity contribution in [2.24, 2.45) is 5.92 Å². The minimum atomic E-state index is 0.682. The van der Waals surface area contributed by atoms with Gasteiger partial charge in [0.2, 0.25) is 0 Å². The Kier molecular flexibility index (Phi) is 6.38. The van der Waals surface area contributed by atoms with Gasteiger partial charge in [-0.25, -0.2) is 0 Å². The molecule has 0 aromatic carbocycles. The number of rotatable bonds is 6. The lowest BCUT2D eigenvalue weighted by Gasteiger charge is -2.24. The van der Waals surface area contributed by atoms with Crippen LogP contribution >= 0.6 is 0 Å². The molecule has 0 N–H and O–H groups in total. The molecule has 15 heavy (non-hydrogen) atoms. The molecule has 1 rings (SSSR count). The molecule has 3 heteroatoms. The van der Waals surface area contributed by atoms with Crippen LogP contribution in [0, 0.1) is 17.2 Å². The fourth-order valence-electron chi connectivity index (χ4n) is 1.98. The SMILES string of the molecule is CN(CCCC#N)CCC1CCOCC1. The van der Waals surface area contributed by atoms with Gasteiger partial charge in [0, 0.05) is 19.6 Å². The van der Waals surface area contributed by atoms with Gasteiger partial charge in [-0.15, -0.1) is 0 Å². The van der Waals surface area contributed by atoms with Crippen LogP contribution in [0.25, 0.3) is 0 Å². The zero-order chi connectivity index (χ0) is 10.9. The Balaban J connectivity index is 2.00. The van der Waals surface area contributed by atoms with E-state index in [2.05, 4.69) is 18.0 Å². The largest absolute Gasteiger partial charge is 0.381 e. The smallest absolute Gasteiger partial charge is 0.0622 e. The van der Waals surface area contributed by atoms with Crippen molar-refractivity contribution in [2.75, 3.05) is 33.4 Å². The van der Waals surface area contributed by atoms with E-state index >= 15 is 0 Å². The fourth-order valence-corrected chi connectivity index (χ4v) is 1.98. The molecular formula is C12H22N2O. The minimum absolute atomic E-state index is 0.682. The van der Waals surface area contributed by atoms with Gasteiger partial charge in [0.25, 0.3) is 0 Å². The molecule has 0 radical (unpaired) electrons. The van der Waals surface area contributed by atoms with Gasteiger partial charge in [-0.2, -0.15) is 5.26 Å². The molecule has 1 saturated heterocycles. The average molecular weight is 210 g/mol. The van der Waals surface area contributed by atoms with Crippen molar-refractivity contribution in [1.29, 1.82) is 5.26 Å². The van der Waals surface area contributed by atoms with E-state index in [1.807, 2.05) is 0 Å². The van der Waals surface area contributed by atoms with E-state index in [1.54, 1.807) is 0 Å². The second-order valence-corrected chi connectivity index (χ2v) is 4.41. The molecule has 1 aliphatic heterocycles. The van der Waals surface area contributed by atoms with Crippen LogP contribution in [0.3, 0.4) is 0 Å². The lowest BCUT2D eigenvalue weighted by atomic mass is 9.96. The van der Waals surface area contributed by atoms with Crippen LogP contribution in [0.1, 0.15) is 32.1 Å². The molecule has 0 atom stereocenters. The first kappa shape index (κ1) is 12.5. The Morgan fingerprint density at radius 3 is 2.73 bits per heavy atom. The van der Waals surface area contributed by atoms with Crippen LogP contribution in [0.5, 0.6) is 0 Å². The predicted molar refractivity (Wildman–Crippen MR) is 60.5 cm³/mol. The van der Waals surface area contributed by atoms with Crippen molar-refractivity contribution in [1.82, 2.24) is 4.90 Å². The van der Waals surface area contributed by atoms with E-state index in [0.29, 0.717) is 6.42 Å². The summed E-state index contributed by atoms with van der Waals surface area (Å²) in [4.78, 5) is 2.34. The third-order valence-electron chi connectivity index (χ3n) is 3.09. The first-order valence-corrected chi connectivity index (χ1v) is 5.96. The Hall–Kier alpha value is -0.590. The molecule has 0 bridgehead atoms. The summed E-state index contributed by atoms with van der Waals surface area (Å²) in [6, 6.07) is 2.19. The monoisotopic (exact) mass is 210 g/mol. The molecule has 0 amide bonds. The second kappa shape index (κ2) is 7.67. The molecular weight excluding hydrogens is 188 g/mol. The standard InChI is InChI=1S/C12H22N2O/c1-14(8-3-2-7-13)9-4-12-5-10-15-11-6-12/h12H,2-6,8-11H2,1H3. The average Bonchev–Trinajstić information content (AvgIpc) is 2.28. The number of nitrogens with zero attached hydrogens (tertiary/aromatic N) is 2. The summed E-state index contributed by atoms with van der Waals surface area (Å²) in [5, 5.41) is 8.43. The highest BCUT2D eigenvalue weighted by molar-refractivity contribution is 4.70. The molecule has 0 aromatic rings. The summed E-state index contributed by atoms with van der Waals surface area (Å²) >= 11 is 0.